The summed E-state index contributed by atoms with van der Waals surface area (Å²) in [4.78, 5) is 19.5. The molecule has 6 heteroatoms. The van der Waals surface area contributed by atoms with Gasteiger partial charge in [-0.1, -0.05) is 12.8 Å². The highest BCUT2D eigenvalue weighted by Crippen LogP contribution is 2.55. The minimum atomic E-state index is 0.192. The van der Waals surface area contributed by atoms with Crippen LogP contribution in [0.1, 0.15) is 50.8 Å². The van der Waals surface area contributed by atoms with E-state index in [1.165, 1.54) is 32.1 Å². The van der Waals surface area contributed by atoms with E-state index in [0.29, 0.717) is 24.0 Å². The van der Waals surface area contributed by atoms with Crippen molar-refractivity contribution in [1.29, 1.82) is 0 Å². The zero-order valence-electron chi connectivity index (χ0n) is 15.3. The SMILES string of the molecule is Cn1ccnc1CN(CC(=O)NC1CCCC1)C1CC12CCNCC2. The van der Waals surface area contributed by atoms with Crippen molar-refractivity contribution >= 4 is 5.91 Å². The standard InChI is InChI=1S/C19H31N5O/c1-23-11-10-21-17(23)13-24(14-18(25)22-15-4-2-3-5-15)16-12-19(16)6-8-20-9-7-19/h10-11,15-16,20H,2-9,12-14H2,1H3,(H,22,25). The van der Waals surface area contributed by atoms with E-state index in [-0.39, 0.29) is 5.91 Å². The van der Waals surface area contributed by atoms with Gasteiger partial charge in [0, 0.05) is 31.5 Å². The second kappa shape index (κ2) is 7.08. The molecular weight excluding hydrogens is 314 g/mol. The van der Waals surface area contributed by atoms with Crippen LogP contribution in [-0.4, -0.2) is 52.1 Å². The van der Waals surface area contributed by atoms with Gasteiger partial charge in [0.05, 0.1) is 13.1 Å². The van der Waals surface area contributed by atoms with Crippen LogP contribution in [-0.2, 0) is 18.4 Å². The fraction of sp³-hybridized carbons (Fsp3) is 0.789. The summed E-state index contributed by atoms with van der Waals surface area (Å²) in [5.41, 5.74) is 0.435. The Morgan fingerprint density at radius 2 is 2.16 bits per heavy atom. The Kier molecular flexibility index (Phi) is 4.82. The Hall–Kier alpha value is -1.40. The van der Waals surface area contributed by atoms with Crippen LogP contribution in [0.3, 0.4) is 0 Å². The van der Waals surface area contributed by atoms with E-state index in [0.717, 1.165) is 38.3 Å². The van der Waals surface area contributed by atoms with Crippen molar-refractivity contribution in [2.45, 2.75) is 63.6 Å². The molecule has 0 bridgehead atoms. The lowest BCUT2D eigenvalue weighted by molar-refractivity contribution is -0.123. The molecule has 3 fully saturated rings. The Balaban J connectivity index is 1.42. The van der Waals surface area contributed by atoms with Gasteiger partial charge in [-0.25, -0.2) is 4.98 Å². The number of nitrogens with zero attached hydrogens (tertiary/aromatic N) is 3. The molecule has 1 unspecified atom stereocenters. The lowest BCUT2D eigenvalue weighted by Crippen LogP contribution is -2.44. The van der Waals surface area contributed by atoms with Crippen molar-refractivity contribution < 1.29 is 4.79 Å². The minimum Gasteiger partial charge on any atom is -0.352 e. The van der Waals surface area contributed by atoms with Crippen LogP contribution in [0.4, 0.5) is 0 Å². The molecule has 2 aliphatic carbocycles. The molecule has 2 heterocycles. The Bertz CT molecular complexity index is 601. The third-order valence-electron chi connectivity index (χ3n) is 6.52. The molecule has 138 valence electrons. The first-order chi connectivity index (χ1) is 12.2. The summed E-state index contributed by atoms with van der Waals surface area (Å²) >= 11 is 0. The molecule has 1 amide bonds. The number of imidazole rings is 1. The summed E-state index contributed by atoms with van der Waals surface area (Å²) < 4.78 is 2.07. The van der Waals surface area contributed by atoms with E-state index in [1.807, 2.05) is 19.4 Å². The average molecular weight is 345 g/mol. The first-order valence-corrected chi connectivity index (χ1v) is 9.87. The van der Waals surface area contributed by atoms with E-state index in [9.17, 15) is 4.79 Å². The fourth-order valence-electron chi connectivity index (χ4n) is 4.84. The third-order valence-corrected chi connectivity index (χ3v) is 6.52. The molecule has 2 N–H and O–H groups in total. The maximum absolute atomic E-state index is 12.6. The second-order valence-corrected chi connectivity index (χ2v) is 8.24. The topological polar surface area (TPSA) is 62.2 Å². The number of rotatable bonds is 6. The molecule has 0 radical (unpaired) electrons. The molecule has 1 saturated heterocycles. The molecule has 1 atom stereocenters. The van der Waals surface area contributed by atoms with Crippen LogP contribution in [0.2, 0.25) is 0 Å². The number of carbonyl (C=O) groups is 1. The number of nitrogens with one attached hydrogen (secondary N) is 2. The molecule has 0 aromatic carbocycles. The first kappa shape index (κ1) is 17.0. The molecule has 1 spiro atoms. The molecular formula is C19H31N5O. The van der Waals surface area contributed by atoms with Crippen molar-refractivity contribution in [3.8, 4) is 0 Å². The van der Waals surface area contributed by atoms with Crippen molar-refractivity contribution in [3.63, 3.8) is 0 Å². The van der Waals surface area contributed by atoms with Gasteiger partial charge in [0.2, 0.25) is 5.91 Å². The van der Waals surface area contributed by atoms with Crippen molar-refractivity contribution in [2.75, 3.05) is 19.6 Å². The van der Waals surface area contributed by atoms with E-state index in [4.69, 9.17) is 0 Å². The van der Waals surface area contributed by atoms with Gasteiger partial charge >= 0.3 is 0 Å². The van der Waals surface area contributed by atoms with Crippen LogP contribution in [0.5, 0.6) is 0 Å². The van der Waals surface area contributed by atoms with Crippen molar-refractivity contribution in [3.05, 3.63) is 18.2 Å². The van der Waals surface area contributed by atoms with Gasteiger partial charge in [-0.05, 0) is 50.6 Å². The van der Waals surface area contributed by atoms with E-state index in [1.54, 1.807) is 0 Å². The molecule has 1 aromatic heterocycles. The number of hydrogen-bond donors (Lipinski definition) is 2. The average Bonchev–Trinajstić information content (AvgIpc) is 2.93. The van der Waals surface area contributed by atoms with Crippen LogP contribution in [0.15, 0.2) is 12.4 Å². The van der Waals surface area contributed by atoms with E-state index < -0.39 is 0 Å². The molecule has 1 aliphatic heterocycles. The highest BCUT2D eigenvalue weighted by Gasteiger charge is 2.56. The summed E-state index contributed by atoms with van der Waals surface area (Å²) in [6.07, 6.45) is 12.3. The summed E-state index contributed by atoms with van der Waals surface area (Å²) in [5, 5.41) is 6.73. The predicted octanol–water partition coefficient (Wildman–Crippen LogP) is 1.42. The Labute approximate surface area is 150 Å². The molecule has 3 aliphatic rings. The van der Waals surface area contributed by atoms with Gasteiger partial charge in [-0.2, -0.15) is 0 Å². The van der Waals surface area contributed by atoms with Crippen LogP contribution >= 0.6 is 0 Å². The maximum Gasteiger partial charge on any atom is 0.234 e. The van der Waals surface area contributed by atoms with Gasteiger partial charge in [0.1, 0.15) is 5.82 Å². The molecule has 1 aromatic rings. The Morgan fingerprint density at radius 3 is 2.84 bits per heavy atom. The number of aryl methyl sites for hydroxylation is 1. The Morgan fingerprint density at radius 1 is 1.40 bits per heavy atom. The lowest BCUT2D eigenvalue weighted by atomic mass is 9.93. The van der Waals surface area contributed by atoms with Crippen LogP contribution in [0, 0.1) is 5.41 Å². The number of amides is 1. The van der Waals surface area contributed by atoms with Gasteiger partial charge in [-0.3, -0.25) is 9.69 Å². The number of piperidine rings is 1. The number of hydrogen-bond acceptors (Lipinski definition) is 4. The van der Waals surface area contributed by atoms with Crippen LogP contribution < -0.4 is 10.6 Å². The molecule has 6 nitrogen and oxygen atoms in total. The van der Waals surface area contributed by atoms with Crippen molar-refractivity contribution in [1.82, 2.24) is 25.1 Å². The molecule has 25 heavy (non-hydrogen) atoms. The highest BCUT2D eigenvalue weighted by molar-refractivity contribution is 5.78. The fourth-order valence-corrected chi connectivity index (χ4v) is 4.84. The quantitative estimate of drug-likeness (QED) is 0.819. The zero-order chi connectivity index (χ0) is 17.3. The van der Waals surface area contributed by atoms with Gasteiger partial charge in [-0.15, -0.1) is 0 Å². The maximum atomic E-state index is 12.6. The van der Waals surface area contributed by atoms with Gasteiger partial charge in [0.15, 0.2) is 0 Å². The van der Waals surface area contributed by atoms with Crippen molar-refractivity contribution in [2.24, 2.45) is 12.5 Å². The minimum absolute atomic E-state index is 0.192. The largest absolute Gasteiger partial charge is 0.352 e. The normalized spacial score (nSPS) is 25.6. The predicted molar refractivity (Wildman–Crippen MR) is 97.0 cm³/mol. The lowest BCUT2D eigenvalue weighted by Gasteiger charge is -2.29. The first-order valence-electron chi connectivity index (χ1n) is 9.87. The molecule has 4 rings (SSSR count). The summed E-state index contributed by atoms with van der Waals surface area (Å²) in [6, 6.07) is 0.926. The second-order valence-electron chi connectivity index (χ2n) is 8.24. The summed E-state index contributed by atoms with van der Waals surface area (Å²) in [7, 11) is 2.03. The summed E-state index contributed by atoms with van der Waals surface area (Å²) in [5.74, 6) is 1.24. The highest BCUT2D eigenvalue weighted by atomic mass is 16.2. The molecule has 2 saturated carbocycles. The number of carbonyl (C=O) groups excluding carboxylic acids is 1. The van der Waals surface area contributed by atoms with E-state index in [2.05, 4.69) is 25.1 Å². The third kappa shape index (κ3) is 3.75. The summed E-state index contributed by atoms with van der Waals surface area (Å²) in [6.45, 7) is 3.49. The van der Waals surface area contributed by atoms with Gasteiger partial charge < -0.3 is 15.2 Å². The van der Waals surface area contributed by atoms with Gasteiger partial charge in [0.25, 0.3) is 0 Å². The van der Waals surface area contributed by atoms with Crippen LogP contribution in [0.25, 0.3) is 0 Å². The smallest absolute Gasteiger partial charge is 0.234 e. The number of aromatic nitrogens is 2. The van der Waals surface area contributed by atoms with E-state index >= 15 is 0 Å². The zero-order valence-corrected chi connectivity index (χ0v) is 15.3. The monoisotopic (exact) mass is 345 g/mol.